The number of rotatable bonds is 7. The third-order valence-electron chi connectivity index (χ3n) is 4.11. The second kappa shape index (κ2) is 10.8. The number of aryl methyl sites for hydroxylation is 2. The molecule has 0 spiro atoms. The van der Waals surface area contributed by atoms with Crippen molar-refractivity contribution in [3.05, 3.63) is 57.6 Å². The molecule has 8 heteroatoms. The SMILES string of the molecule is Cc1ccc(NC(=O)CCC(=O)NNC(=O)c2ccc(OC(C)C)c(Br)c2)c(C)c1. The average Bonchev–Trinajstić information content (AvgIpc) is 2.68. The number of benzene rings is 2. The zero-order valence-electron chi connectivity index (χ0n) is 17.5. The third kappa shape index (κ3) is 7.18. The van der Waals surface area contributed by atoms with Gasteiger partial charge in [0.2, 0.25) is 11.8 Å². The van der Waals surface area contributed by atoms with Crippen molar-refractivity contribution in [2.45, 2.75) is 46.6 Å². The van der Waals surface area contributed by atoms with Crippen molar-refractivity contribution in [1.29, 1.82) is 0 Å². The van der Waals surface area contributed by atoms with Gasteiger partial charge in [-0.3, -0.25) is 25.2 Å². The number of anilines is 1. The van der Waals surface area contributed by atoms with Crippen LogP contribution in [0.25, 0.3) is 0 Å². The van der Waals surface area contributed by atoms with E-state index in [1.807, 2.05) is 45.9 Å². The van der Waals surface area contributed by atoms with Crippen molar-refractivity contribution in [2.24, 2.45) is 0 Å². The maximum Gasteiger partial charge on any atom is 0.269 e. The van der Waals surface area contributed by atoms with Gasteiger partial charge in [0.1, 0.15) is 5.75 Å². The fourth-order valence-electron chi connectivity index (χ4n) is 2.65. The molecule has 0 bridgehead atoms. The van der Waals surface area contributed by atoms with Gasteiger partial charge in [0.15, 0.2) is 0 Å². The van der Waals surface area contributed by atoms with Crippen molar-refractivity contribution >= 4 is 39.3 Å². The highest BCUT2D eigenvalue weighted by molar-refractivity contribution is 9.10. The van der Waals surface area contributed by atoms with Crippen LogP contribution in [-0.4, -0.2) is 23.8 Å². The first-order valence-electron chi connectivity index (χ1n) is 9.58. The largest absolute Gasteiger partial charge is 0.490 e. The van der Waals surface area contributed by atoms with E-state index in [2.05, 4.69) is 32.1 Å². The molecular weight excluding hydrogens is 450 g/mol. The molecule has 2 aromatic rings. The Morgan fingerprint density at radius 2 is 1.67 bits per heavy atom. The first-order chi connectivity index (χ1) is 14.2. The van der Waals surface area contributed by atoms with Crippen molar-refractivity contribution in [1.82, 2.24) is 10.9 Å². The van der Waals surface area contributed by atoms with E-state index in [1.165, 1.54) is 0 Å². The van der Waals surface area contributed by atoms with E-state index < -0.39 is 11.8 Å². The summed E-state index contributed by atoms with van der Waals surface area (Å²) in [6.45, 7) is 7.70. The van der Waals surface area contributed by atoms with Gasteiger partial charge in [-0.25, -0.2) is 0 Å². The number of hydrogen-bond donors (Lipinski definition) is 3. The van der Waals surface area contributed by atoms with Gasteiger partial charge in [0, 0.05) is 24.1 Å². The summed E-state index contributed by atoms with van der Waals surface area (Å²) in [7, 11) is 0. The van der Waals surface area contributed by atoms with Gasteiger partial charge in [-0.15, -0.1) is 0 Å². The number of ether oxygens (including phenoxy) is 1. The third-order valence-corrected chi connectivity index (χ3v) is 4.73. The van der Waals surface area contributed by atoms with Gasteiger partial charge in [-0.1, -0.05) is 17.7 Å². The summed E-state index contributed by atoms with van der Waals surface area (Å²) < 4.78 is 6.24. The van der Waals surface area contributed by atoms with Gasteiger partial charge in [0.05, 0.1) is 10.6 Å². The second-order valence-electron chi connectivity index (χ2n) is 7.18. The molecule has 0 radical (unpaired) electrons. The van der Waals surface area contributed by atoms with Crippen molar-refractivity contribution < 1.29 is 19.1 Å². The number of nitrogens with one attached hydrogen (secondary N) is 3. The van der Waals surface area contributed by atoms with Crippen LogP contribution in [0.1, 0.15) is 48.2 Å². The zero-order valence-corrected chi connectivity index (χ0v) is 19.1. The lowest BCUT2D eigenvalue weighted by Gasteiger charge is -2.13. The molecule has 0 heterocycles. The van der Waals surface area contributed by atoms with E-state index in [9.17, 15) is 14.4 Å². The van der Waals surface area contributed by atoms with E-state index in [0.717, 1.165) is 16.8 Å². The summed E-state index contributed by atoms with van der Waals surface area (Å²) in [5.41, 5.74) is 7.79. The molecule has 2 rings (SSSR count). The predicted molar refractivity (Wildman–Crippen MR) is 119 cm³/mol. The molecule has 160 valence electrons. The minimum atomic E-state index is -0.472. The zero-order chi connectivity index (χ0) is 22.3. The monoisotopic (exact) mass is 475 g/mol. The van der Waals surface area contributed by atoms with Crippen LogP contribution >= 0.6 is 15.9 Å². The Hall–Kier alpha value is -2.87. The minimum Gasteiger partial charge on any atom is -0.490 e. The summed E-state index contributed by atoms with van der Waals surface area (Å²) >= 11 is 3.36. The van der Waals surface area contributed by atoms with E-state index >= 15 is 0 Å². The lowest BCUT2D eigenvalue weighted by molar-refractivity contribution is -0.124. The number of carbonyl (C=O) groups excluding carboxylic acids is 3. The first-order valence-corrected chi connectivity index (χ1v) is 10.4. The van der Waals surface area contributed by atoms with Gasteiger partial charge in [-0.05, 0) is 73.5 Å². The number of hydrogen-bond acceptors (Lipinski definition) is 4. The van der Waals surface area contributed by atoms with E-state index in [4.69, 9.17) is 4.74 Å². The summed E-state index contributed by atoms with van der Waals surface area (Å²) in [6.07, 6.45) is -0.0451. The highest BCUT2D eigenvalue weighted by Gasteiger charge is 2.12. The molecule has 0 aliphatic rings. The molecule has 0 aliphatic carbocycles. The highest BCUT2D eigenvalue weighted by Crippen LogP contribution is 2.26. The van der Waals surface area contributed by atoms with Crippen molar-refractivity contribution in [3.8, 4) is 5.75 Å². The Morgan fingerprint density at radius 1 is 0.967 bits per heavy atom. The molecular formula is C22H26BrN3O4. The number of hydrazine groups is 1. The molecule has 3 amide bonds. The molecule has 0 aromatic heterocycles. The molecule has 0 atom stereocenters. The molecule has 0 aliphatic heterocycles. The standard InChI is InChI=1S/C22H26BrN3O4/c1-13(2)30-19-8-6-16(12-17(19)23)22(29)26-25-21(28)10-9-20(27)24-18-7-5-14(3)11-15(18)4/h5-8,11-13H,9-10H2,1-4H3,(H,24,27)(H,25,28)(H,26,29). The number of halogens is 1. The van der Waals surface area contributed by atoms with Gasteiger partial charge in [0.25, 0.3) is 5.91 Å². The average molecular weight is 476 g/mol. The number of amides is 3. The molecule has 3 N–H and O–H groups in total. The maximum atomic E-state index is 12.2. The Bertz CT molecular complexity index is 944. The summed E-state index contributed by atoms with van der Waals surface area (Å²) in [4.78, 5) is 36.2. The van der Waals surface area contributed by atoms with Crippen LogP contribution in [0.4, 0.5) is 5.69 Å². The second-order valence-corrected chi connectivity index (χ2v) is 8.03. The smallest absolute Gasteiger partial charge is 0.269 e. The summed E-state index contributed by atoms with van der Waals surface area (Å²) in [5, 5.41) is 2.79. The van der Waals surface area contributed by atoms with Crippen molar-refractivity contribution in [2.75, 3.05) is 5.32 Å². The number of carbonyl (C=O) groups is 3. The minimum absolute atomic E-state index is 0.00179. The van der Waals surface area contributed by atoms with Crippen molar-refractivity contribution in [3.63, 3.8) is 0 Å². The molecule has 7 nitrogen and oxygen atoms in total. The Balaban J connectivity index is 1.79. The van der Waals surface area contributed by atoms with Crippen LogP contribution in [0.5, 0.6) is 5.75 Å². The quantitative estimate of drug-likeness (QED) is 0.526. The normalized spacial score (nSPS) is 10.5. The van der Waals surface area contributed by atoms with Crippen LogP contribution in [0, 0.1) is 13.8 Å². The van der Waals surface area contributed by atoms with E-state index in [0.29, 0.717) is 15.8 Å². The van der Waals surface area contributed by atoms with Crippen LogP contribution < -0.4 is 20.9 Å². The van der Waals surface area contributed by atoms with Gasteiger partial charge in [-0.2, -0.15) is 0 Å². The Kier molecular flexibility index (Phi) is 8.41. The highest BCUT2D eigenvalue weighted by atomic mass is 79.9. The van der Waals surface area contributed by atoms with Crippen LogP contribution in [0.15, 0.2) is 40.9 Å². The molecule has 0 saturated heterocycles. The predicted octanol–water partition coefficient (Wildman–Crippen LogP) is 4.03. The fraction of sp³-hybridized carbons (Fsp3) is 0.318. The van der Waals surface area contributed by atoms with Gasteiger partial charge >= 0.3 is 0 Å². The Labute approximate surface area is 184 Å². The maximum absolute atomic E-state index is 12.2. The van der Waals surface area contributed by atoms with Crippen LogP contribution in [0.3, 0.4) is 0 Å². The summed E-state index contributed by atoms with van der Waals surface area (Å²) in [6, 6.07) is 10.6. The van der Waals surface area contributed by atoms with E-state index in [-0.39, 0.29) is 24.9 Å². The molecule has 0 saturated carbocycles. The van der Waals surface area contributed by atoms with E-state index in [1.54, 1.807) is 18.2 Å². The lowest BCUT2D eigenvalue weighted by atomic mass is 10.1. The molecule has 2 aromatic carbocycles. The summed E-state index contributed by atoms with van der Waals surface area (Å²) in [5.74, 6) is -0.577. The molecule has 0 unspecified atom stereocenters. The van der Waals surface area contributed by atoms with Crippen LogP contribution in [-0.2, 0) is 9.59 Å². The first kappa shape index (κ1) is 23.4. The lowest BCUT2D eigenvalue weighted by Crippen LogP contribution is -2.41. The Morgan fingerprint density at radius 3 is 2.30 bits per heavy atom. The molecule has 30 heavy (non-hydrogen) atoms. The van der Waals surface area contributed by atoms with Gasteiger partial charge < -0.3 is 10.1 Å². The fourth-order valence-corrected chi connectivity index (χ4v) is 3.12. The molecule has 0 fully saturated rings. The van der Waals surface area contributed by atoms with Crippen LogP contribution in [0.2, 0.25) is 0 Å². The topological polar surface area (TPSA) is 96.5 Å².